The number of hydrogen-bond donors (Lipinski definition) is 0. The highest BCUT2D eigenvalue weighted by molar-refractivity contribution is 5.88. The second-order valence-electron chi connectivity index (χ2n) is 9.14. The van der Waals surface area contributed by atoms with E-state index in [9.17, 15) is 0 Å². The first kappa shape index (κ1) is 19.4. The number of benzene rings is 3. The highest BCUT2D eigenvalue weighted by Gasteiger charge is 2.21. The number of hydrogen-bond acceptors (Lipinski definition) is 1. The van der Waals surface area contributed by atoms with Crippen LogP contribution in [0.1, 0.15) is 24.1 Å². The van der Waals surface area contributed by atoms with Gasteiger partial charge in [-0.05, 0) is 61.6 Å². The highest BCUT2D eigenvalue weighted by atomic mass is 15.0. The van der Waals surface area contributed by atoms with Gasteiger partial charge in [0.25, 0.3) is 0 Å². The first-order chi connectivity index (χ1) is 16.9. The quantitative estimate of drug-likeness (QED) is 0.280. The van der Waals surface area contributed by atoms with Crippen molar-refractivity contribution >= 4 is 16.6 Å². The molecule has 3 heteroatoms. The van der Waals surface area contributed by atoms with E-state index < -0.39 is 0 Å². The lowest BCUT2D eigenvalue weighted by molar-refractivity contribution is 0.667. The van der Waals surface area contributed by atoms with E-state index in [2.05, 4.69) is 106 Å². The summed E-state index contributed by atoms with van der Waals surface area (Å²) in [6.45, 7) is 0. The third kappa shape index (κ3) is 2.94. The molecule has 1 aliphatic carbocycles. The molecule has 0 unspecified atom stereocenters. The smallest absolute Gasteiger partial charge is 0.137 e. The Bertz CT molecular complexity index is 1640. The average Bonchev–Trinajstić information content (AvgIpc) is 3.46. The number of rotatable bonds is 3. The minimum atomic E-state index is 0.964. The van der Waals surface area contributed by atoms with Crippen molar-refractivity contribution < 1.29 is 0 Å². The van der Waals surface area contributed by atoms with E-state index in [0.717, 1.165) is 29.0 Å². The van der Waals surface area contributed by atoms with Gasteiger partial charge >= 0.3 is 0 Å². The minimum Gasteiger partial charge on any atom is -0.313 e. The van der Waals surface area contributed by atoms with Crippen LogP contribution in [0, 0.1) is 0 Å². The lowest BCUT2D eigenvalue weighted by atomic mass is 9.95. The summed E-state index contributed by atoms with van der Waals surface area (Å²) in [5.41, 5.74) is 11.0. The monoisotopic (exact) mass is 439 g/mol. The van der Waals surface area contributed by atoms with Gasteiger partial charge in [0.15, 0.2) is 0 Å². The summed E-state index contributed by atoms with van der Waals surface area (Å²) in [5, 5.41) is 1.41. The zero-order valence-electron chi connectivity index (χ0n) is 19.0. The number of para-hydroxylation sites is 1. The van der Waals surface area contributed by atoms with Gasteiger partial charge in [-0.2, -0.15) is 0 Å². The normalized spacial score (nSPS) is 13.4. The Morgan fingerprint density at radius 3 is 2.29 bits per heavy atom. The predicted octanol–water partition coefficient (Wildman–Crippen LogP) is 7.49. The van der Waals surface area contributed by atoms with Gasteiger partial charge in [-0.3, -0.25) is 4.40 Å². The number of imidazole rings is 1. The Balaban J connectivity index is 1.40. The van der Waals surface area contributed by atoms with Crippen molar-refractivity contribution in [3.05, 3.63) is 115 Å². The summed E-state index contributed by atoms with van der Waals surface area (Å²) in [7, 11) is 0. The molecule has 3 aromatic carbocycles. The Hall–Kier alpha value is -4.11. The summed E-state index contributed by atoms with van der Waals surface area (Å²) < 4.78 is 4.68. The van der Waals surface area contributed by atoms with Crippen LogP contribution < -0.4 is 0 Å². The molecule has 3 aromatic heterocycles. The Labute approximate surface area is 198 Å². The molecule has 0 saturated heterocycles. The maximum absolute atomic E-state index is 4.99. The van der Waals surface area contributed by atoms with Crippen molar-refractivity contribution in [3.8, 4) is 28.2 Å². The average molecular weight is 440 g/mol. The van der Waals surface area contributed by atoms with Crippen molar-refractivity contribution in [2.75, 3.05) is 0 Å². The maximum atomic E-state index is 4.99. The van der Waals surface area contributed by atoms with E-state index in [-0.39, 0.29) is 0 Å². The van der Waals surface area contributed by atoms with Gasteiger partial charge in [0.1, 0.15) is 5.65 Å². The van der Waals surface area contributed by atoms with Gasteiger partial charge in [0.05, 0.1) is 16.9 Å². The van der Waals surface area contributed by atoms with E-state index in [1.807, 2.05) is 6.07 Å². The SMILES string of the molecule is c1ccc(-c2nc3ccccn3c2-c2ccc(-n3c4c(c5ccccc53)CCCC4)cc2)cc1. The van der Waals surface area contributed by atoms with Gasteiger partial charge in [0, 0.05) is 34.1 Å². The fourth-order valence-corrected chi connectivity index (χ4v) is 5.63. The molecule has 3 nitrogen and oxygen atoms in total. The standard InChI is InChI=1S/C31H25N3/c1-2-10-22(11-3-1)30-31(33-21-9-8-16-29(33)32-30)23-17-19-24(20-18-23)34-27-14-6-4-12-25(27)26-13-5-7-15-28(26)34/h1-4,6,8-12,14,16-21H,5,7,13,15H2. The molecule has 7 rings (SSSR count). The van der Waals surface area contributed by atoms with Crippen LogP contribution in [-0.4, -0.2) is 14.0 Å². The topological polar surface area (TPSA) is 22.2 Å². The third-order valence-electron chi connectivity index (χ3n) is 7.15. The number of aromatic nitrogens is 3. The summed E-state index contributed by atoms with van der Waals surface area (Å²) in [5.74, 6) is 0. The largest absolute Gasteiger partial charge is 0.313 e. The Morgan fingerprint density at radius 2 is 1.41 bits per heavy atom. The molecule has 0 saturated carbocycles. The van der Waals surface area contributed by atoms with Crippen LogP contribution in [0.25, 0.3) is 44.8 Å². The summed E-state index contributed by atoms with van der Waals surface area (Å²) in [6.07, 6.45) is 6.99. The predicted molar refractivity (Wildman–Crippen MR) is 140 cm³/mol. The van der Waals surface area contributed by atoms with Crippen LogP contribution in [0.15, 0.2) is 103 Å². The molecular weight excluding hydrogens is 414 g/mol. The molecule has 0 spiro atoms. The lowest BCUT2D eigenvalue weighted by Crippen LogP contribution is -2.06. The molecule has 0 fully saturated rings. The number of pyridine rings is 1. The molecule has 0 amide bonds. The zero-order chi connectivity index (χ0) is 22.5. The van der Waals surface area contributed by atoms with Gasteiger partial charge in [-0.1, -0.05) is 66.7 Å². The second-order valence-corrected chi connectivity index (χ2v) is 9.14. The van der Waals surface area contributed by atoms with Crippen molar-refractivity contribution in [1.29, 1.82) is 0 Å². The summed E-state index contributed by atoms with van der Waals surface area (Å²) >= 11 is 0. The van der Waals surface area contributed by atoms with Crippen molar-refractivity contribution in [2.24, 2.45) is 0 Å². The van der Waals surface area contributed by atoms with E-state index >= 15 is 0 Å². The molecule has 0 N–H and O–H groups in total. The number of fused-ring (bicyclic) bond motifs is 4. The second kappa shape index (κ2) is 7.74. The van der Waals surface area contributed by atoms with Gasteiger partial charge in [-0.25, -0.2) is 4.98 Å². The number of nitrogens with zero attached hydrogens (tertiary/aromatic N) is 3. The molecule has 34 heavy (non-hydrogen) atoms. The fourth-order valence-electron chi connectivity index (χ4n) is 5.63. The molecule has 1 aliphatic rings. The van der Waals surface area contributed by atoms with Gasteiger partial charge in [-0.15, -0.1) is 0 Å². The highest BCUT2D eigenvalue weighted by Crippen LogP contribution is 2.36. The lowest BCUT2D eigenvalue weighted by Gasteiger charge is -2.16. The molecule has 6 aromatic rings. The molecule has 3 heterocycles. The van der Waals surface area contributed by atoms with Crippen molar-refractivity contribution in [3.63, 3.8) is 0 Å². The van der Waals surface area contributed by atoms with Crippen LogP contribution in [0.2, 0.25) is 0 Å². The zero-order valence-corrected chi connectivity index (χ0v) is 19.0. The van der Waals surface area contributed by atoms with E-state index in [1.165, 1.54) is 47.1 Å². The first-order valence-electron chi connectivity index (χ1n) is 12.1. The maximum Gasteiger partial charge on any atom is 0.137 e. The molecule has 0 radical (unpaired) electrons. The van der Waals surface area contributed by atoms with E-state index in [1.54, 1.807) is 5.56 Å². The molecule has 0 aliphatic heterocycles. The van der Waals surface area contributed by atoms with Crippen LogP contribution in [0.5, 0.6) is 0 Å². The van der Waals surface area contributed by atoms with Crippen molar-refractivity contribution in [2.45, 2.75) is 25.7 Å². The van der Waals surface area contributed by atoms with E-state index in [0.29, 0.717) is 0 Å². The Kier molecular flexibility index (Phi) is 4.41. The van der Waals surface area contributed by atoms with Crippen LogP contribution in [0.4, 0.5) is 0 Å². The van der Waals surface area contributed by atoms with Crippen LogP contribution >= 0.6 is 0 Å². The van der Waals surface area contributed by atoms with Gasteiger partial charge < -0.3 is 4.57 Å². The Morgan fingerprint density at radius 1 is 0.647 bits per heavy atom. The third-order valence-corrected chi connectivity index (χ3v) is 7.15. The van der Waals surface area contributed by atoms with Crippen LogP contribution in [0.3, 0.4) is 0 Å². The molecule has 0 atom stereocenters. The van der Waals surface area contributed by atoms with Crippen LogP contribution in [-0.2, 0) is 12.8 Å². The minimum absolute atomic E-state index is 0.964. The molecule has 164 valence electrons. The van der Waals surface area contributed by atoms with Gasteiger partial charge in [0.2, 0.25) is 0 Å². The number of aryl methyl sites for hydroxylation is 1. The fraction of sp³-hybridized carbons (Fsp3) is 0.129. The molecule has 0 bridgehead atoms. The summed E-state index contributed by atoms with van der Waals surface area (Å²) in [6, 6.07) is 34.6. The van der Waals surface area contributed by atoms with Crippen molar-refractivity contribution in [1.82, 2.24) is 14.0 Å². The van der Waals surface area contributed by atoms with E-state index in [4.69, 9.17) is 4.98 Å². The first-order valence-corrected chi connectivity index (χ1v) is 12.1. The summed E-state index contributed by atoms with van der Waals surface area (Å²) in [4.78, 5) is 4.99. The molecular formula is C31H25N3.